The van der Waals surface area contributed by atoms with Crippen molar-refractivity contribution in [2.45, 2.75) is 353 Å². The summed E-state index contributed by atoms with van der Waals surface area (Å²) in [7, 11) is 0. The van der Waals surface area contributed by atoms with Crippen LogP contribution in [0.15, 0.2) is 72.9 Å². The van der Waals surface area contributed by atoms with Gasteiger partial charge in [-0.15, -0.1) is 0 Å². The van der Waals surface area contributed by atoms with Crippen LogP contribution in [0.4, 0.5) is 0 Å². The van der Waals surface area contributed by atoms with Crippen molar-refractivity contribution in [1.29, 1.82) is 0 Å². The van der Waals surface area contributed by atoms with E-state index in [1.807, 2.05) is 0 Å². The number of aliphatic carboxylic acids is 1. The molecule has 0 amide bonds. The van der Waals surface area contributed by atoms with Gasteiger partial charge in [-0.05, 0) is 89.9 Å². The summed E-state index contributed by atoms with van der Waals surface area (Å²) < 4.78 is 28.6. The van der Waals surface area contributed by atoms with Crippen molar-refractivity contribution in [3.8, 4) is 0 Å². The third-order valence-electron chi connectivity index (χ3n) is 15.8. The van der Waals surface area contributed by atoms with Crippen LogP contribution in [0.5, 0.6) is 0 Å². The quantitative estimate of drug-likeness (QED) is 0.0228. The predicted octanol–water partition coefficient (Wildman–Crippen LogP) is 19.2. The molecule has 1 rings (SSSR count). The highest BCUT2D eigenvalue weighted by Gasteiger charge is 2.50. The summed E-state index contributed by atoms with van der Waals surface area (Å²) in [6.07, 6.45) is 65.7. The average Bonchev–Trinajstić information content (AvgIpc) is 3.51. The second-order valence-electron chi connectivity index (χ2n) is 23.8. The largest absolute Gasteiger partial charge is 0.479 e. The second-order valence-corrected chi connectivity index (χ2v) is 23.8. The standard InChI is InChI=1S/C73H126O12/c1-4-7-10-13-16-19-22-25-28-31-33-36-38-41-44-47-50-53-56-59-65(74)81-62-64(83-66(75)60-57-54-51-48-45-42-39-35-30-27-24-21-18-15-12-9-6-3)63-82-73-71(69(78)68(77)70(85-73)72(79)80)84-67(76)61-58-55-52-49-46-43-40-37-34-32-29-26-23-20-17-14-11-8-5-2/h7,10,16,19,25-26,28-29,33,36,41,44,64,68-71,73,77-78H,4-6,8-9,11-15,17-18,20-24,27,30-32,34-35,37-40,42-43,45-63H2,1-3H3,(H,79,80)/b10-7-,19-16-,28-25-,29-26-,36-33-,44-41-. The minimum absolute atomic E-state index is 0.0553. The van der Waals surface area contributed by atoms with Crippen molar-refractivity contribution in [2.24, 2.45) is 0 Å². The molecule has 0 radical (unpaired) electrons. The number of hydrogen-bond acceptors (Lipinski definition) is 11. The van der Waals surface area contributed by atoms with Gasteiger partial charge in [0.2, 0.25) is 0 Å². The summed E-state index contributed by atoms with van der Waals surface area (Å²) in [4.78, 5) is 51.5. The molecule has 85 heavy (non-hydrogen) atoms. The van der Waals surface area contributed by atoms with Crippen LogP contribution in [0.25, 0.3) is 0 Å². The number of esters is 3. The lowest BCUT2D eigenvalue weighted by Gasteiger charge is -2.40. The van der Waals surface area contributed by atoms with Gasteiger partial charge in [-0.1, -0.05) is 280 Å². The van der Waals surface area contributed by atoms with Gasteiger partial charge in [0.15, 0.2) is 24.6 Å². The Labute approximate surface area is 518 Å². The molecule has 0 spiro atoms. The van der Waals surface area contributed by atoms with Gasteiger partial charge in [-0.25, -0.2) is 4.79 Å². The van der Waals surface area contributed by atoms with E-state index in [0.29, 0.717) is 19.3 Å². The summed E-state index contributed by atoms with van der Waals surface area (Å²) in [5, 5.41) is 31.7. The third kappa shape index (κ3) is 49.8. The summed E-state index contributed by atoms with van der Waals surface area (Å²) in [5.41, 5.74) is 0. The molecule has 1 saturated heterocycles. The molecule has 12 nitrogen and oxygen atoms in total. The fourth-order valence-corrected chi connectivity index (χ4v) is 10.5. The predicted molar refractivity (Wildman–Crippen MR) is 349 cm³/mol. The maximum absolute atomic E-state index is 13.2. The Bertz CT molecular complexity index is 1750. The Balaban J connectivity index is 2.65. The topological polar surface area (TPSA) is 175 Å². The maximum Gasteiger partial charge on any atom is 0.335 e. The molecule has 6 atom stereocenters. The van der Waals surface area contributed by atoms with Crippen LogP contribution in [0.3, 0.4) is 0 Å². The Morgan fingerprint density at radius 3 is 1.15 bits per heavy atom. The highest BCUT2D eigenvalue weighted by Crippen LogP contribution is 2.27. The molecule has 3 N–H and O–H groups in total. The van der Waals surface area contributed by atoms with E-state index in [-0.39, 0.29) is 25.9 Å². The Hall–Kier alpha value is -3.84. The van der Waals surface area contributed by atoms with Gasteiger partial charge in [-0.2, -0.15) is 0 Å². The molecule has 1 aliphatic heterocycles. The minimum Gasteiger partial charge on any atom is -0.479 e. The molecule has 1 aliphatic rings. The van der Waals surface area contributed by atoms with Gasteiger partial charge >= 0.3 is 23.9 Å². The fourth-order valence-electron chi connectivity index (χ4n) is 10.5. The molecule has 0 aromatic heterocycles. The summed E-state index contributed by atoms with van der Waals surface area (Å²) >= 11 is 0. The van der Waals surface area contributed by atoms with Crippen LogP contribution in [0.1, 0.15) is 316 Å². The van der Waals surface area contributed by atoms with E-state index < -0.39 is 67.3 Å². The Morgan fingerprint density at radius 2 is 0.741 bits per heavy atom. The van der Waals surface area contributed by atoms with Gasteiger partial charge in [-0.3, -0.25) is 14.4 Å². The van der Waals surface area contributed by atoms with Crippen molar-refractivity contribution in [3.63, 3.8) is 0 Å². The van der Waals surface area contributed by atoms with Crippen molar-refractivity contribution < 1.29 is 58.2 Å². The number of carbonyl (C=O) groups excluding carboxylic acids is 3. The van der Waals surface area contributed by atoms with E-state index in [9.17, 15) is 34.5 Å². The number of allylic oxidation sites excluding steroid dienone is 12. The number of carbonyl (C=O) groups is 4. The fraction of sp³-hybridized carbons (Fsp3) is 0.781. The normalized spacial score (nSPS) is 17.9. The number of rotatable bonds is 60. The number of carboxylic acids is 1. The van der Waals surface area contributed by atoms with Crippen LogP contribution >= 0.6 is 0 Å². The monoisotopic (exact) mass is 1190 g/mol. The number of hydrogen-bond donors (Lipinski definition) is 3. The summed E-state index contributed by atoms with van der Waals surface area (Å²) in [6, 6.07) is 0. The first-order chi connectivity index (χ1) is 41.6. The lowest BCUT2D eigenvalue weighted by atomic mass is 9.98. The molecule has 490 valence electrons. The van der Waals surface area contributed by atoms with Crippen LogP contribution in [0.2, 0.25) is 0 Å². The molecule has 12 heteroatoms. The van der Waals surface area contributed by atoms with E-state index in [1.54, 1.807) is 0 Å². The van der Waals surface area contributed by atoms with Gasteiger partial charge in [0, 0.05) is 19.3 Å². The first-order valence-corrected chi connectivity index (χ1v) is 34.9. The molecular formula is C73H126O12. The number of aliphatic hydroxyl groups is 2. The van der Waals surface area contributed by atoms with Gasteiger partial charge in [0.25, 0.3) is 0 Å². The Kier molecular flexibility index (Phi) is 56.3. The lowest BCUT2D eigenvalue weighted by Crippen LogP contribution is -2.61. The number of ether oxygens (including phenoxy) is 5. The van der Waals surface area contributed by atoms with E-state index in [4.69, 9.17) is 23.7 Å². The first-order valence-electron chi connectivity index (χ1n) is 34.9. The zero-order valence-electron chi connectivity index (χ0n) is 54.3. The highest BCUT2D eigenvalue weighted by atomic mass is 16.7. The molecule has 0 aromatic carbocycles. The van der Waals surface area contributed by atoms with Gasteiger partial charge in [0.1, 0.15) is 18.8 Å². The smallest absolute Gasteiger partial charge is 0.335 e. The van der Waals surface area contributed by atoms with E-state index in [2.05, 4.69) is 93.7 Å². The van der Waals surface area contributed by atoms with Crippen LogP contribution in [0, 0.1) is 0 Å². The molecule has 0 saturated carbocycles. The molecule has 1 fully saturated rings. The second kappa shape index (κ2) is 60.4. The maximum atomic E-state index is 13.2. The van der Waals surface area contributed by atoms with Crippen LogP contribution < -0.4 is 0 Å². The van der Waals surface area contributed by atoms with E-state index in [1.165, 1.54) is 154 Å². The number of aliphatic hydroxyl groups excluding tert-OH is 2. The van der Waals surface area contributed by atoms with Crippen molar-refractivity contribution in [1.82, 2.24) is 0 Å². The molecule has 0 bridgehead atoms. The molecule has 1 heterocycles. The van der Waals surface area contributed by atoms with Crippen LogP contribution in [-0.2, 0) is 42.9 Å². The summed E-state index contributed by atoms with van der Waals surface area (Å²) in [5.74, 6) is -3.14. The van der Waals surface area contributed by atoms with Crippen molar-refractivity contribution >= 4 is 23.9 Å². The molecule has 6 unspecified atom stereocenters. The van der Waals surface area contributed by atoms with E-state index >= 15 is 0 Å². The number of carboxylic acid groups (broad SMARTS) is 1. The van der Waals surface area contributed by atoms with Crippen LogP contribution in [-0.4, -0.2) is 89.2 Å². The van der Waals surface area contributed by atoms with Crippen molar-refractivity contribution in [3.05, 3.63) is 72.9 Å². The third-order valence-corrected chi connectivity index (χ3v) is 15.8. The molecule has 0 aromatic rings. The average molecular weight is 1200 g/mol. The number of unbranched alkanes of at least 4 members (excludes halogenated alkanes) is 34. The molecular weight excluding hydrogens is 1070 g/mol. The summed E-state index contributed by atoms with van der Waals surface area (Å²) in [6.45, 7) is 5.91. The zero-order chi connectivity index (χ0) is 61.7. The first kappa shape index (κ1) is 79.2. The SMILES string of the molecule is CC/C=C\C/C=C\C/C=C\C/C=C\C/C=C\CCCCCC(=O)OCC(COC1OC(C(=O)O)C(O)C(O)C1OC(=O)CCCCCCCCCCC/C=C\CCCCCCCC)OC(=O)CCCCCCCCCCCCCCCCCCC. The molecule has 0 aliphatic carbocycles. The Morgan fingerprint density at radius 1 is 0.400 bits per heavy atom. The minimum atomic E-state index is -1.91. The zero-order valence-corrected chi connectivity index (χ0v) is 54.3. The lowest BCUT2D eigenvalue weighted by molar-refractivity contribution is -0.301. The van der Waals surface area contributed by atoms with Gasteiger partial charge < -0.3 is 39.0 Å². The van der Waals surface area contributed by atoms with E-state index in [0.717, 1.165) is 103 Å². The van der Waals surface area contributed by atoms with Crippen molar-refractivity contribution in [2.75, 3.05) is 13.2 Å². The highest BCUT2D eigenvalue weighted by molar-refractivity contribution is 5.74. The van der Waals surface area contributed by atoms with Gasteiger partial charge in [0.05, 0.1) is 6.61 Å².